The van der Waals surface area contributed by atoms with Gasteiger partial charge in [-0.2, -0.15) is 13.2 Å². The van der Waals surface area contributed by atoms with Gasteiger partial charge in [-0.1, -0.05) is 28.9 Å². The first-order chi connectivity index (χ1) is 9.47. The summed E-state index contributed by atoms with van der Waals surface area (Å²) >= 11 is 3.20. The lowest BCUT2D eigenvalue weighted by molar-refractivity contribution is -0.137. The third kappa shape index (κ3) is 3.28. The Morgan fingerprint density at radius 1 is 1.40 bits per heavy atom. The highest BCUT2D eigenvalue weighted by molar-refractivity contribution is 9.08. The van der Waals surface area contributed by atoms with E-state index in [4.69, 9.17) is 4.74 Å². The maximum Gasteiger partial charge on any atom is 0.418 e. The Labute approximate surface area is 125 Å². The summed E-state index contributed by atoms with van der Waals surface area (Å²) in [6, 6.07) is 4.54. The van der Waals surface area contributed by atoms with Gasteiger partial charge in [0.05, 0.1) is 24.8 Å². The van der Waals surface area contributed by atoms with Gasteiger partial charge in [0.15, 0.2) is 0 Å². The van der Waals surface area contributed by atoms with E-state index in [9.17, 15) is 13.2 Å². The van der Waals surface area contributed by atoms with Crippen LogP contribution in [-0.4, -0.2) is 25.8 Å². The first kappa shape index (κ1) is 15.6. The van der Waals surface area contributed by atoms with E-state index < -0.39 is 11.7 Å². The molecule has 112 valence electrons. The van der Waals surface area contributed by atoms with Gasteiger partial charge in [-0.05, 0) is 24.1 Å². The minimum absolute atomic E-state index is 0.000305. The molecule has 1 heterocycles. The molecule has 2 rings (SSSR count). The Morgan fingerprint density at radius 2 is 2.15 bits per heavy atom. The first-order valence-corrected chi connectivity index (χ1v) is 7.70. The maximum atomic E-state index is 13.3. The molecule has 1 aromatic carbocycles. The molecule has 1 aromatic rings. The molecule has 0 amide bonds. The van der Waals surface area contributed by atoms with Crippen molar-refractivity contribution >= 4 is 21.6 Å². The molecular formula is C14H17BrF3NO. The van der Waals surface area contributed by atoms with Gasteiger partial charge < -0.3 is 9.64 Å². The number of hydrogen-bond donors (Lipinski definition) is 0. The smallest absolute Gasteiger partial charge is 0.377 e. The lowest BCUT2D eigenvalue weighted by atomic mass is 10.0. The molecule has 1 fully saturated rings. The molecule has 0 aliphatic carbocycles. The van der Waals surface area contributed by atoms with Crippen LogP contribution in [0.5, 0.6) is 0 Å². The molecule has 6 heteroatoms. The Kier molecular flexibility index (Phi) is 4.96. The third-order valence-electron chi connectivity index (χ3n) is 3.53. The summed E-state index contributed by atoms with van der Waals surface area (Å²) in [6.45, 7) is 3.41. The molecule has 0 bridgehead atoms. The van der Waals surface area contributed by atoms with Gasteiger partial charge in [0, 0.05) is 17.6 Å². The normalized spacial score (nSPS) is 20.2. The van der Waals surface area contributed by atoms with Crippen LogP contribution in [0.1, 0.15) is 24.5 Å². The molecule has 2 nitrogen and oxygen atoms in total. The van der Waals surface area contributed by atoms with Crippen LogP contribution in [-0.2, 0) is 16.2 Å². The highest BCUT2D eigenvalue weighted by Gasteiger charge is 2.36. The van der Waals surface area contributed by atoms with Gasteiger partial charge in [0.25, 0.3) is 0 Å². The number of morpholine rings is 1. The summed E-state index contributed by atoms with van der Waals surface area (Å²) in [7, 11) is 0. The number of hydrogen-bond acceptors (Lipinski definition) is 2. The van der Waals surface area contributed by atoms with E-state index in [1.54, 1.807) is 12.1 Å². The largest absolute Gasteiger partial charge is 0.418 e. The van der Waals surface area contributed by atoms with Crippen LogP contribution >= 0.6 is 15.9 Å². The second-order valence-corrected chi connectivity index (χ2v) is 5.37. The fourth-order valence-corrected chi connectivity index (χ4v) is 2.80. The lowest BCUT2D eigenvalue weighted by Crippen LogP contribution is -2.46. The van der Waals surface area contributed by atoms with Crippen molar-refractivity contribution in [1.82, 2.24) is 0 Å². The summed E-state index contributed by atoms with van der Waals surface area (Å²) in [5.41, 5.74) is 0.328. The Morgan fingerprint density at radius 3 is 2.75 bits per heavy atom. The van der Waals surface area contributed by atoms with Crippen molar-refractivity contribution in [2.75, 3.05) is 24.7 Å². The van der Waals surface area contributed by atoms with Gasteiger partial charge in [-0.3, -0.25) is 0 Å². The molecule has 1 unspecified atom stereocenters. The van der Waals surface area contributed by atoms with Gasteiger partial charge >= 0.3 is 6.18 Å². The van der Waals surface area contributed by atoms with E-state index in [0.29, 0.717) is 30.7 Å². The fraction of sp³-hybridized carbons (Fsp3) is 0.571. The molecule has 20 heavy (non-hydrogen) atoms. The van der Waals surface area contributed by atoms with Crippen LogP contribution in [0.25, 0.3) is 0 Å². The zero-order valence-corrected chi connectivity index (χ0v) is 12.8. The Bertz CT molecular complexity index is 464. The summed E-state index contributed by atoms with van der Waals surface area (Å²) in [5, 5.41) is 0.413. The van der Waals surface area contributed by atoms with Crippen LogP contribution in [0.15, 0.2) is 18.2 Å². The average molecular weight is 352 g/mol. The molecule has 0 spiro atoms. The maximum absolute atomic E-state index is 13.3. The van der Waals surface area contributed by atoms with Gasteiger partial charge in [0.1, 0.15) is 0 Å². The number of alkyl halides is 4. The van der Waals surface area contributed by atoms with E-state index >= 15 is 0 Å². The Hall–Kier alpha value is -0.750. The van der Waals surface area contributed by atoms with E-state index in [2.05, 4.69) is 15.9 Å². The molecule has 1 aliphatic heterocycles. The van der Waals surface area contributed by atoms with Crippen LogP contribution in [0.4, 0.5) is 18.9 Å². The van der Waals surface area contributed by atoms with E-state index in [1.165, 1.54) is 6.07 Å². The van der Waals surface area contributed by atoms with Crippen molar-refractivity contribution in [3.05, 3.63) is 29.3 Å². The molecule has 0 aromatic heterocycles. The number of benzene rings is 1. The molecule has 0 N–H and O–H groups in total. The predicted octanol–water partition coefficient (Wildman–Crippen LogP) is 4.22. The zero-order chi connectivity index (χ0) is 14.8. The van der Waals surface area contributed by atoms with Gasteiger partial charge in [-0.15, -0.1) is 0 Å². The molecule has 0 radical (unpaired) electrons. The minimum Gasteiger partial charge on any atom is -0.377 e. The van der Waals surface area contributed by atoms with E-state index in [0.717, 1.165) is 6.42 Å². The van der Waals surface area contributed by atoms with Gasteiger partial charge in [-0.25, -0.2) is 0 Å². The number of rotatable bonds is 3. The number of ether oxygens (including phenoxy) is 1. The SMILES string of the molecule is CCC1COCCN1c1ccc(CBr)cc1C(F)(F)F. The van der Waals surface area contributed by atoms with Crippen molar-refractivity contribution in [1.29, 1.82) is 0 Å². The molecule has 1 saturated heterocycles. The molecule has 1 aliphatic rings. The van der Waals surface area contributed by atoms with Crippen molar-refractivity contribution in [2.45, 2.75) is 30.9 Å². The number of halogens is 4. The average Bonchev–Trinajstić information content (AvgIpc) is 2.45. The van der Waals surface area contributed by atoms with Crippen LogP contribution < -0.4 is 4.90 Å². The monoisotopic (exact) mass is 351 g/mol. The van der Waals surface area contributed by atoms with Crippen molar-refractivity contribution in [3.8, 4) is 0 Å². The summed E-state index contributed by atoms with van der Waals surface area (Å²) in [5.74, 6) is 0. The van der Waals surface area contributed by atoms with E-state index in [1.807, 2.05) is 11.8 Å². The van der Waals surface area contributed by atoms with Crippen LogP contribution in [0.2, 0.25) is 0 Å². The van der Waals surface area contributed by atoms with Crippen molar-refractivity contribution < 1.29 is 17.9 Å². The number of nitrogens with zero attached hydrogens (tertiary/aromatic N) is 1. The lowest BCUT2D eigenvalue weighted by Gasteiger charge is -2.38. The highest BCUT2D eigenvalue weighted by Crippen LogP contribution is 2.38. The quantitative estimate of drug-likeness (QED) is 0.756. The molecular weight excluding hydrogens is 335 g/mol. The summed E-state index contributed by atoms with van der Waals surface area (Å²) in [6.07, 6.45) is -3.58. The zero-order valence-electron chi connectivity index (χ0n) is 11.2. The minimum atomic E-state index is -4.34. The fourth-order valence-electron chi connectivity index (χ4n) is 2.45. The summed E-state index contributed by atoms with van der Waals surface area (Å²) < 4.78 is 45.2. The van der Waals surface area contributed by atoms with Crippen LogP contribution in [0, 0.1) is 0 Å². The standard InChI is InChI=1S/C14H17BrF3NO/c1-2-11-9-20-6-5-19(11)13-4-3-10(8-15)7-12(13)14(16,17)18/h3-4,7,11H,2,5-6,8-9H2,1H3. The third-order valence-corrected chi connectivity index (χ3v) is 4.18. The van der Waals surface area contributed by atoms with E-state index in [-0.39, 0.29) is 11.7 Å². The van der Waals surface area contributed by atoms with Gasteiger partial charge in [0.2, 0.25) is 0 Å². The topological polar surface area (TPSA) is 12.5 Å². The Balaban J connectivity index is 2.44. The molecule has 1 atom stereocenters. The van der Waals surface area contributed by atoms with Crippen molar-refractivity contribution in [3.63, 3.8) is 0 Å². The van der Waals surface area contributed by atoms with Crippen LogP contribution in [0.3, 0.4) is 0 Å². The summed E-state index contributed by atoms with van der Waals surface area (Å²) in [4.78, 5) is 1.82. The predicted molar refractivity (Wildman–Crippen MR) is 76.3 cm³/mol. The highest BCUT2D eigenvalue weighted by atomic mass is 79.9. The second-order valence-electron chi connectivity index (χ2n) is 4.81. The molecule has 0 saturated carbocycles. The first-order valence-electron chi connectivity index (χ1n) is 6.57. The second kappa shape index (κ2) is 6.35. The number of anilines is 1. The van der Waals surface area contributed by atoms with Crippen molar-refractivity contribution in [2.24, 2.45) is 0 Å².